The highest BCUT2D eigenvalue weighted by atomic mass is 32.2. The molecule has 0 saturated heterocycles. The van der Waals surface area contributed by atoms with Gasteiger partial charge in [-0.3, -0.25) is 9.97 Å². The molecule has 0 unspecified atom stereocenters. The Morgan fingerprint density at radius 1 is 0.548 bits per heavy atom. The van der Waals surface area contributed by atoms with Crippen molar-refractivity contribution in [2.24, 2.45) is 0 Å². The van der Waals surface area contributed by atoms with E-state index in [0.29, 0.717) is 0 Å². The molecule has 3 heteroatoms. The lowest BCUT2D eigenvalue weighted by molar-refractivity contribution is 1.32. The number of hydrogen-bond acceptors (Lipinski definition) is 3. The van der Waals surface area contributed by atoms with Gasteiger partial charge in [-0.05, 0) is 35.4 Å². The smallest absolute Gasteiger partial charge is 0.0707 e. The van der Waals surface area contributed by atoms with Gasteiger partial charge in [-0.1, -0.05) is 85.0 Å². The maximum absolute atomic E-state index is 4.48. The van der Waals surface area contributed by atoms with Crippen molar-refractivity contribution in [3.8, 4) is 22.5 Å². The second kappa shape index (κ2) is 11.1. The Hall–Kier alpha value is -3.43. The standard InChI is InChI=1S/C28H24N2S/c1-3-15-25(27-17-5-7-19-29-27)23(11-1)13-9-21-31-22-10-14-24-12-2-4-16-26(24)28-18-6-8-20-30-28/h1-20H,21-22H2. The molecular formula is C28H24N2S. The first-order valence-corrected chi connectivity index (χ1v) is 11.5. The monoisotopic (exact) mass is 420 g/mol. The fourth-order valence-corrected chi connectivity index (χ4v) is 3.95. The van der Waals surface area contributed by atoms with Crippen LogP contribution in [-0.2, 0) is 0 Å². The van der Waals surface area contributed by atoms with Gasteiger partial charge in [0, 0.05) is 35.0 Å². The minimum Gasteiger partial charge on any atom is -0.256 e. The van der Waals surface area contributed by atoms with Crippen molar-refractivity contribution in [3.63, 3.8) is 0 Å². The molecule has 0 N–H and O–H groups in total. The predicted octanol–water partition coefficient (Wildman–Crippen LogP) is 7.27. The summed E-state index contributed by atoms with van der Waals surface area (Å²) in [5.74, 6) is 1.92. The van der Waals surface area contributed by atoms with Crippen LogP contribution in [0.2, 0.25) is 0 Å². The van der Waals surface area contributed by atoms with E-state index in [1.165, 1.54) is 11.1 Å². The Morgan fingerprint density at radius 2 is 1.00 bits per heavy atom. The Kier molecular flexibility index (Phi) is 7.45. The number of pyridine rings is 2. The molecule has 0 atom stereocenters. The van der Waals surface area contributed by atoms with Crippen LogP contribution in [0.3, 0.4) is 0 Å². The van der Waals surface area contributed by atoms with Crippen molar-refractivity contribution >= 4 is 23.9 Å². The molecule has 31 heavy (non-hydrogen) atoms. The van der Waals surface area contributed by atoms with E-state index in [9.17, 15) is 0 Å². The molecule has 0 aliphatic carbocycles. The van der Waals surface area contributed by atoms with Crippen LogP contribution in [-0.4, -0.2) is 21.5 Å². The predicted molar refractivity (Wildman–Crippen MR) is 135 cm³/mol. The first-order valence-electron chi connectivity index (χ1n) is 10.3. The Bertz CT molecular complexity index is 1060. The van der Waals surface area contributed by atoms with Gasteiger partial charge in [0.25, 0.3) is 0 Å². The average Bonchev–Trinajstić information content (AvgIpc) is 2.85. The number of nitrogens with zero attached hydrogens (tertiary/aromatic N) is 2. The third kappa shape index (κ3) is 5.80. The third-order valence-corrected chi connectivity index (χ3v) is 5.68. The fraction of sp³-hybridized carbons (Fsp3) is 0.0714. The van der Waals surface area contributed by atoms with E-state index in [2.05, 4.69) is 94.9 Å². The summed E-state index contributed by atoms with van der Waals surface area (Å²) in [4.78, 5) is 8.97. The van der Waals surface area contributed by atoms with Gasteiger partial charge in [-0.25, -0.2) is 0 Å². The lowest BCUT2D eigenvalue weighted by Gasteiger charge is -2.05. The maximum atomic E-state index is 4.48. The molecule has 0 spiro atoms. The largest absolute Gasteiger partial charge is 0.256 e. The molecule has 2 aromatic heterocycles. The van der Waals surface area contributed by atoms with Crippen LogP contribution in [0.5, 0.6) is 0 Å². The number of benzene rings is 2. The summed E-state index contributed by atoms with van der Waals surface area (Å²) < 4.78 is 0. The second-order valence-corrected chi connectivity index (χ2v) is 8.02. The van der Waals surface area contributed by atoms with Crippen molar-refractivity contribution in [2.45, 2.75) is 0 Å². The summed E-state index contributed by atoms with van der Waals surface area (Å²) in [6, 6.07) is 28.8. The van der Waals surface area contributed by atoms with Gasteiger partial charge >= 0.3 is 0 Å². The van der Waals surface area contributed by atoms with Crippen molar-refractivity contribution in [3.05, 3.63) is 121 Å². The van der Waals surface area contributed by atoms with E-state index in [-0.39, 0.29) is 0 Å². The van der Waals surface area contributed by atoms with E-state index in [4.69, 9.17) is 0 Å². The minimum atomic E-state index is 0.961. The van der Waals surface area contributed by atoms with Gasteiger partial charge in [0.05, 0.1) is 11.4 Å². The molecule has 2 aromatic carbocycles. The highest BCUT2D eigenvalue weighted by Crippen LogP contribution is 2.24. The van der Waals surface area contributed by atoms with Crippen LogP contribution >= 0.6 is 11.8 Å². The summed E-state index contributed by atoms with van der Waals surface area (Å²) in [6.45, 7) is 0. The molecule has 0 amide bonds. The van der Waals surface area contributed by atoms with Gasteiger partial charge < -0.3 is 0 Å². The summed E-state index contributed by atoms with van der Waals surface area (Å²) in [6.07, 6.45) is 12.5. The van der Waals surface area contributed by atoms with Crippen LogP contribution in [0.25, 0.3) is 34.7 Å². The molecule has 2 heterocycles. The normalized spacial score (nSPS) is 11.4. The molecule has 0 saturated carbocycles. The zero-order valence-corrected chi connectivity index (χ0v) is 18.1. The van der Waals surface area contributed by atoms with Gasteiger partial charge in [-0.2, -0.15) is 11.8 Å². The van der Waals surface area contributed by atoms with Gasteiger partial charge in [0.1, 0.15) is 0 Å². The first kappa shape index (κ1) is 20.8. The Labute approximate surface area is 188 Å². The maximum Gasteiger partial charge on any atom is 0.0707 e. The van der Waals surface area contributed by atoms with Gasteiger partial charge in [0.2, 0.25) is 0 Å². The molecule has 0 bridgehead atoms. The molecule has 0 fully saturated rings. The van der Waals surface area contributed by atoms with Crippen molar-refractivity contribution in [1.82, 2.24) is 9.97 Å². The van der Waals surface area contributed by atoms with Crippen LogP contribution in [0.15, 0.2) is 109 Å². The molecule has 4 aromatic rings. The number of hydrogen-bond donors (Lipinski definition) is 0. The number of thioether (sulfide) groups is 1. The summed E-state index contributed by atoms with van der Waals surface area (Å²) in [5, 5.41) is 0. The molecular weight excluding hydrogens is 396 g/mol. The SMILES string of the molecule is C(=Cc1ccccc1-c1ccccn1)CSCC=Cc1ccccc1-c1ccccn1. The molecule has 0 aliphatic heterocycles. The zero-order valence-electron chi connectivity index (χ0n) is 17.3. The van der Waals surface area contributed by atoms with Crippen molar-refractivity contribution in [2.75, 3.05) is 11.5 Å². The zero-order chi connectivity index (χ0) is 21.1. The molecule has 4 rings (SSSR count). The third-order valence-electron chi connectivity index (χ3n) is 4.83. The van der Waals surface area contributed by atoms with Gasteiger partial charge in [-0.15, -0.1) is 0 Å². The van der Waals surface area contributed by atoms with E-state index in [1.807, 2.05) is 48.4 Å². The average molecular weight is 421 g/mol. The molecule has 2 nitrogen and oxygen atoms in total. The van der Waals surface area contributed by atoms with Gasteiger partial charge in [0.15, 0.2) is 0 Å². The lowest BCUT2D eigenvalue weighted by atomic mass is 10.0. The molecule has 0 aliphatic rings. The summed E-state index contributed by atoms with van der Waals surface area (Å²) in [5.41, 5.74) is 6.73. The number of aromatic nitrogens is 2. The minimum absolute atomic E-state index is 0.961. The van der Waals surface area contributed by atoms with Crippen LogP contribution in [0.4, 0.5) is 0 Å². The highest BCUT2D eigenvalue weighted by Gasteiger charge is 2.03. The second-order valence-electron chi connectivity index (χ2n) is 6.95. The Morgan fingerprint density at radius 3 is 1.45 bits per heavy atom. The Balaban J connectivity index is 1.33. The lowest BCUT2D eigenvalue weighted by Crippen LogP contribution is -1.86. The molecule has 152 valence electrons. The topological polar surface area (TPSA) is 25.8 Å². The molecule has 0 radical (unpaired) electrons. The number of rotatable bonds is 8. The van der Waals surface area contributed by atoms with E-state index < -0.39 is 0 Å². The van der Waals surface area contributed by atoms with Crippen molar-refractivity contribution in [1.29, 1.82) is 0 Å². The van der Waals surface area contributed by atoms with Crippen LogP contribution in [0.1, 0.15) is 11.1 Å². The fourth-order valence-electron chi connectivity index (χ4n) is 3.35. The first-order chi connectivity index (χ1) is 15.4. The van der Waals surface area contributed by atoms with E-state index in [1.54, 1.807) is 0 Å². The van der Waals surface area contributed by atoms with E-state index in [0.717, 1.165) is 34.0 Å². The van der Waals surface area contributed by atoms with Crippen LogP contribution in [0, 0.1) is 0 Å². The van der Waals surface area contributed by atoms with Crippen molar-refractivity contribution < 1.29 is 0 Å². The highest BCUT2D eigenvalue weighted by molar-refractivity contribution is 7.99. The van der Waals surface area contributed by atoms with Crippen LogP contribution < -0.4 is 0 Å². The summed E-state index contributed by atoms with van der Waals surface area (Å²) in [7, 11) is 0. The summed E-state index contributed by atoms with van der Waals surface area (Å²) >= 11 is 1.89. The van der Waals surface area contributed by atoms with E-state index >= 15 is 0 Å². The quantitative estimate of drug-likeness (QED) is 0.280.